The van der Waals surface area contributed by atoms with Crippen LogP contribution in [0.3, 0.4) is 0 Å². The molecule has 1 aliphatic carbocycles. The van der Waals surface area contributed by atoms with Crippen molar-refractivity contribution in [3.05, 3.63) is 0 Å². The van der Waals surface area contributed by atoms with Crippen LogP contribution in [0.2, 0.25) is 0 Å². The van der Waals surface area contributed by atoms with Gasteiger partial charge in [0.15, 0.2) is 0 Å². The van der Waals surface area contributed by atoms with Gasteiger partial charge in [-0.05, 0) is 32.1 Å². The van der Waals surface area contributed by atoms with Gasteiger partial charge in [0.2, 0.25) is 0 Å². The molecule has 15 heavy (non-hydrogen) atoms. The number of imide groups is 1. The average molecular weight is 208 g/mol. The Bertz CT molecular complexity index is 341. The summed E-state index contributed by atoms with van der Waals surface area (Å²) in [4.78, 5) is 25.5. The van der Waals surface area contributed by atoms with Gasteiger partial charge in [-0.25, -0.2) is 4.79 Å². The highest BCUT2D eigenvalue weighted by molar-refractivity contribution is 6.08. The summed E-state index contributed by atoms with van der Waals surface area (Å²) in [6.07, 6.45) is 5.23. The zero-order valence-electron chi connectivity index (χ0n) is 8.95. The Hall–Kier alpha value is -1.06. The average Bonchev–Trinajstić information content (AvgIpc) is 2.61. The second-order valence-corrected chi connectivity index (χ2v) is 5.08. The zero-order valence-corrected chi connectivity index (χ0v) is 8.95. The molecule has 3 rings (SSSR count). The number of amides is 3. The smallest absolute Gasteiger partial charge is 0.307 e. The summed E-state index contributed by atoms with van der Waals surface area (Å²) in [5.41, 5.74) is -0.464. The van der Waals surface area contributed by atoms with Crippen molar-refractivity contribution in [2.45, 2.75) is 50.6 Å². The molecule has 0 unspecified atom stereocenters. The molecule has 82 valence electrons. The third-order valence-electron chi connectivity index (χ3n) is 4.36. The first kappa shape index (κ1) is 9.19. The van der Waals surface area contributed by atoms with Gasteiger partial charge in [-0.2, -0.15) is 0 Å². The number of urea groups is 1. The van der Waals surface area contributed by atoms with Crippen LogP contribution >= 0.6 is 0 Å². The highest BCUT2D eigenvalue weighted by atomic mass is 16.2. The summed E-state index contributed by atoms with van der Waals surface area (Å²) in [6.45, 7) is 2.05. The topological polar surface area (TPSA) is 49.4 Å². The van der Waals surface area contributed by atoms with Crippen LogP contribution in [0, 0.1) is 5.92 Å². The molecular weight excluding hydrogens is 192 g/mol. The van der Waals surface area contributed by atoms with Crippen LogP contribution < -0.4 is 5.32 Å². The van der Waals surface area contributed by atoms with E-state index in [1.54, 1.807) is 0 Å². The largest absolute Gasteiger partial charge is 0.325 e. The standard InChI is InChI=1S/C11H16N2O2/c1-7-6-8-4-2-3-5-11(8)9(14)12-10(15)13(7)11/h7-8H,2-6H2,1H3,(H,12,14,15)/t7-,8+,11+/m1/s1. The van der Waals surface area contributed by atoms with Crippen molar-refractivity contribution in [1.29, 1.82) is 0 Å². The van der Waals surface area contributed by atoms with Crippen LogP contribution in [0.1, 0.15) is 39.0 Å². The Labute approximate surface area is 89.0 Å². The third-order valence-corrected chi connectivity index (χ3v) is 4.36. The summed E-state index contributed by atoms with van der Waals surface area (Å²) in [6, 6.07) is 0.0523. The lowest BCUT2D eigenvalue weighted by molar-refractivity contribution is -0.129. The third kappa shape index (κ3) is 0.924. The van der Waals surface area contributed by atoms with Gasteiger partial charge in [0.1, 0.15) is 5.54 Å². The number of hydrogen-bond donors (Lipinski definition) is 1. The fraction of sp³-hybridized carbons (Fsp3) is 0.818. The number of nitrogens with zero attached hydrogens (tertiary/aromatic N) is 1. The molecule has 1 saturated carbocycles. The molecule has 0 aromatic heterocycles. The minimum atomic E-state index is -0.464. The Morgan fingerprint density at radius 2 is 2.20 bits per heavy atom. The summed E-state index contributed by atoms with van der Waals surface area (Å²) >= 11 is 0. The molecule has 3 aliphatic rings. The molecule has 0 bridgehead atoms. The number of carbonyl (C=O) groups is 2. The second-order valence-electron chi connectivity index (χ2n) is 5.08. The van der Waals surface area contributed by atoms with Crippen molar-refractivity contribution in [2.24, 2.45) is 5.92 Å². The number of hydrogen-bond acceptors (Lipinski definition) is 2. The van der Waals surface area contributed by atoms with E-state index < -0.39 is 5.54 Å². The SMILES string of the molecule is C[C@@H]1C[C@@H]2CCCC[C@@]23C(=O)NC(=O)N13. The van der Waals surface area contributed by atoms with Crippen molar-refractivity contribution in [1.82, 2.24) is 10.2 Å². The summed E-state index contributed by atoms with van der Waals surface area (Å²) in [7, 11) is 0. The van der Waals surface area contributed by atoms with Crippen LogP contribution in [-0.4, -0.2) is 28.4 Å². The van der Waals surface area contributed by atoms with Crippen molar-refractivity contribution >= 4 is 11.9 Å². The monoisotopic (exact) mass is 208 g/mol. The molecule has 3 amide bonds. The Morgan fingerprint density at radius 1 is 1.40 bits per heavy atom. The van der Waals surface area contributed by atoms with Gasteiger partial charge in [0, 0.05) is 6.04 Å². The maximum atomic E-state index is 12.0. The molecule has 0 radical (unpaired) electrons. The van der Waals surface area contributed by atoms with Crippen molar-refractivity contribution in [2.75, 3.05) is 0 Å². The molecule has 0 aromatic carbocycles. The van der Waals surface area contributed by atoms with Gasteiger partial charge >= 0.3 is 6.03 Å². The first-order valence-corrected chi connectivity index (χ1v) is 5.81. The maximum Gasteiger partial charge on any atom is 0.325 e. The molecule has 4 heteroatoms. The molecule has 2 aliphatic heterocycles. The summed E-state index contributed by atoms with van der Waals surface area (Å²) < 4.78 is 0. The van der Waals surface area contributed by atoms with E-state index in [0.717, 1.165) is 25.7 Å². The maximum absolute atomic E-state index is 12.0. The molecule has 3 fully saturated rings. The predicted octanol–water partition coefficient (Wildman–Crippen LogP) is 1.26. The Balaban J connectivity index is 2.08. The zero-order chi connectivity index (χ0) is 10.6. The molecular formula is C11H16N2O2. The molecule has 0 aromatic rings. The van der Waals surface area contributed by atoms with E-state index in [2.05, 4.69) is 12.2 Å². The Kier molecular flexibility index (Phi) is 1.68. The van der Waals surface area contributed by atoms with E-state index >= 15 is 0 Å². The van der Waals surface area contributed by atoms with E-state index in [4.69, 9.17) is 0 Å². The van der Waals surface area contributed by atoms with Crippen molar-refractivity contribution < 1.29 is 9.59 Å². The normalized spacial score (nSPS) is 43.9. The van der Waals surface area contributed by atoms with Crippen LogP contribution in [0.15, 0.2) is 0 Å². The van der Waals surface area contributed by atoms with Crippen LogP contribution in [-0.2, 0) is 4.79 Å². The van der Waals surface area contributed by atoms with E-state index in [9.17, 15) is 9.59 Å². The van der Waals surface area contributed by atoms with Gasteiger partial charge in [-0.1, -0.05) is 12.8 Å². The first-order chi connectivity index (χ1) is 7.16. The fourth-order valence-electron chi connectivity index (χ4n) is 3.82. The lowest BCUT2D eigenvalue weighted by atomic mass is 9.73. The number of rotatable bonds is 0. The second kappa shape index (κ2) is 2.74. The fourth-order valence-corrected chi connectivity index (χ4v) is 3.82. The van der Waals surface area contributed by atoms with Gasteiger partial charge < -0.3 is 4.90 Å². The van der Waals surface area contributed by atoms with Gasteiger partial charge in [0.05, 0.1) is 0 Å². The van der Waals surface area contributed by atoms with Crippen LogP contribution in [0.5, 0.6) is 0 Å². The number of nitrogens with one attached hydrogen (secondary N) is 1. The van der Waals surface area contributed by atoms with Gasteiger partial charge in [0.25, 0.3) is 5.91 Å². The quantitative estimate of drug-likeness (QED) is 0.609. The minimum Gasteiger partial charge on any atom is -0.307 e. The summed E-state index contributed by atoms with van der Waals surface area (Å²) in [5.74, 6) is 0.356. The molecule has 2 saturated heterocycles. The molecule has 1 spiro atoms. The van der Waals surface area contributed by atoms with E-state index in [0.29, 0.717) is 5.92 Å². The molecule has 2 heterocycles. The molecule has 3 atom stereocenters. The molecule has 1 N–H and O–H groups in total. The highest BCUT2D eigenvalue weighted by Crippen LogP contribution is 2.50. The first-order valence-electron chi connectivity index (χ1n) is 5.81. The lowest BCUT2D eigenvalue weighted by Gasteiger charge is -2.37. The summed E-state index contributed by atoms with van der Waals surface area (Å²) in [5, 5.41) is 2.49. The van der Waals surface area contributed by atoms with E-state index in [1.807, 2.05) is 4.90 Å². The van der Waals surface area contributed by atoms with Crippen molar-refractivity contribution in [3.63, 3.8) is 0 Å². The molecule has 4 nitrogen and oxygen atoms in total. The van der Waals surface area contributed by atoms with Crippen LogP contribution in [0.4, 0.5) is 4.79 Å². The highest BCUT2D eigenvalue weighted by Gasteiger charge is 2.63. The van der Waals surface area contributed by atoms with Gasteiger partial charge in [-0.15, -0.1) is 0 Å². The van der Waals surface area contributed by atoms with Crippen molar-refractivity contribution in [3.8, 4) is 0 Å². The predicted molar refractivity (Wildman–Crippen MR) is 54.1 cm³/mol. The lowest BCUT2D eigenvalue weighted by Crippen LogP contribution is -2.52. The van der Waals surface area contributed by atoms with Crippen LogP contribution in [0.25, 0.3) is 0 Å². The van der Waals surface area contributed by atoms with E-state index in [-0.39, 0.29) is 18.0 Å². The Morgan fingerprint density at radius 3 is 3.00 bits per heavy atom. The minimum absolute atomic E-state index is 0.0402. The number of carbonyl (C=O) groups excluding carboxylic acids is 2. The van der Waals surface area contributed by atoms with Gasteiger partial charge in [-0.3, -0.25) is 10.1 Å². The van der Waals surface area contributed by atoms with E-state index in [1.165, 1.54) is 6.42 Å².